The van der Waals surface area contributed by atoms with Gasteiger partial charge in [-0.2, -0.15) is 0 Å². The Kier molecular flexibility index (Phi) is 4.78. The van der Waals surface area contributed by atoms with E-state index in [1.54, 1.807) is 24.4 Å². The lowest BCUT2D eigenvalue weighted by Gasteiger charge is -2.10. The number of aryl methyl sites for hydroxylation is 1. The fourth-order valence-corrected chi connectivity index (χ4v) is 3.51. The van der Waals surface area contributed by atoms with Gasteiger partial charge in [-0.1, -0.05) is 30.3 Å². The molecule has 0 unspecified atom stereocenters. The van der Waals surface area contributed by atoms with Crippen molar-refractivity contribution in [2.24, 2.45) is 0 Å². The topological polar surface area (TPSA) is 68.3 Å². The zero-order chi connectivity index (χ0) is 17.0. The number of pyridine rings is 1. The van der Waals surface area contributed by atoms with Gasteiger partial charge in [0.2, 0.25) is 10.0 Å². The first-order valence-electron chi connectivity index (χ1n) is 7.59. The second-order valence-electron chi connectivity index (χ2n) is 5.39. The van der Waals surface area contributed by atoms with E-state index in [1.165, 1.54) is 0 Å². The van der Waals surface area contributed by atoms with Crippen LogP contribution in [0.3, 0.4) is 0 Å². The van der Waals surface area contributed by atoms with Gasteiger partial charge in [0.15, 0.2) is 0 Å². The Bertz CT molecular complexity index is 950. The van der Waals surface area contributed by atoms with Gasteiger partial charge in [0.05, 0.1) is 4.90 Å². The van der Waals surface area contributed by atoms with Crippen LogP contribution in [0.5, 0.6) is 5.75 Å². The van der Waals surface area contributed by atoms with Crippen LogP contribution in [0.1, 0.15) is 5.56 Å². The number of nitrogens with one attached hydrogen (secondary N) is 1. The molecule has 5 nitrogen and oxygen atoms in total. The van der Waals surface area contributed by atoms with E-state index in [0.29, 0.717) is 5.75 Å². The van der Waals surface area contributed by atoms with Crippen molar-refractivity contribution < 1.29 is 13.2 Å². The minimum atomic E-state index is -3.53. The number of fused-ring (bicyclic) bond motifs is 1. The van der Waals surface area contributed by atoms with Gasteiger partial charge < -0.3 is 4.74 Å². The molecule has 0 aliphatic rings. The Balaban J connectivity index is 1.62. The highest BCUT2D eigenvalue weighted by Gasteiger charge is 2.13. The zero-order valence-corrected chi connectivity index (χ0v) is 14.1. The normalized spacial score (nSPS) is 11.5. The molecular formula is C18H18N2O3S. The zero-order valence-electron chi connectivity index (χ0n) is 13.3. The number of para-hydroxylation sites is 1. The molecule has 0 aliphatic heterocycles. The van der Waals surface area contributed by atoms with Crippen LogP contribution >= 0.6 is 0 Å². The van der Waals surface area contributed by atoms with Crippen LogP contribution in [0.2, 0.25) is 0 Å². The lowest BCUT2D eigenvalue weighted by Crippen LogP contribution is -2.28. The Morgan fingerprint density at radius 2 is 1.88 bits per heavy atom. The number of benzene rings is 2. The van der Waals surface area contributed by atoms with Gasteiger partial charge in [-0.25, -0.2) is 13.1 Å². The molecule has 0 radical (unpaired) electrons. The van der Waals surface area contributed by atoms with Crippen molar-refractivity contribution in [3.63, 3.8) is 0 Å². The molecule has 0 atom stereocenters. The SMILES string of the molecule is Cc1cccc(S(=O)(=O)NCCOc2cccc3cccnc23)c1. The first-order chi connectivity index (χ1) is 11.6. The maximum absolute atomic E-state index is 12.2. The average molecular weight is 342 g/mol. The van der Waals surface area contributed by atoms with Crippen molar-refractivity contribution in [2.45, 2.75) is 11.8 Å². The van der Waals surface area contributed by atoms with E-state index in [9.17, 15) is 8.42 Å². The second kappa shape index (κ2) is 6.98. The second-order valence-corrected chi connectivity index (χ2v) is 7.16. The van der Waals surface area contributed by atoms with Gasteiger partial charge in [-0.15, -0.1) is 0 Å². The summed E-state index contributed by atoms with van der Waals surface area (Å²) in [7, 11) is -3.53. The van der Waals surface area contributed by atoms with E-state index < -0.39 is 10.0 Å². The molecular weight excluding hydrogens is 324 g/mol. The summed E-state index contributed by atoms with van der Waals surface area (Å²) < 4.78 is 32.7. The van der Waals surface area contributed by atoms with Crippen molar-refractivity contribution in [2.75, 3.05) is 13.2 Å². The van der Waals surface area contributed by atoms with Crippen molar-refractivity contribution in [3.05, 3.63) is 66.4 Å². The molecule has 124 valence electrons. The van der Waals surface area contributed by atoms with Crippen LogP contribution in [-0.2, 0) is 10.0 Å². The summed E-state index contributed by atoms with van der Waals surface area (Å²) in [4.78, 5) is 4.56. The van der Waals surface area contributed by atoms with Crippen LogP contribution in [0.25, 0.3) is 10.9 Å². The Labute approximate surface area is 141 Å². The molecule has 0 fully saturated rings. The van der Waals surface area contributed by atoms with Gasteiger partial charge in [0.25, 0.3) is 0 Å². The molecule has 0 bridgehead atoms. The molecule has 1 N–H and O–H groups in total. The van der Waals surface area contributed by atoms with Crippen molar-refractivity contribution in [1.29, 1.82) is 0 Å². The Hall–Kier alpha value is -2.44. The number of hydrogen-bond acceptors (Lipinski definition) is 4. The van der Waals surface area contributed by atoms with E-state index >= 15 is 0 Å². The van der Waals surface area contributed by atoms with Crippen molar-refractivity contribution in [3.8, 4) is 5.75 Å². The summed E-state index contributed by atoms with van der Waals surface area (Å²) in [5.41, 5.74) is 1.66. The molecule has 3 aromatic rings. The maximum Gasteiger partial charge on any atom is 0.240 e. The standard InChI is InChI=1S/C18H18N2O3S/c1-14-5-2-8-16(13-14)24(21,22)20-11-12-23-17-9-3-6-15-7-4-10-19-18(15)17/h2-10,13,20H,11-12H2,1H3. The smallest absolute Gasteiger partial charge is 0.240 e. The first-order valence-corrected chi connectivity index (χ1v) is 9.07. The van der Waals surface area contributed by atoms with Crippen LogP contribution in [0.4, 0.5) is 0 Å². The van der Waals surface area contributed by atoms with E-state index in [4.69, 9.17) is 4.74 Å². The first kappa shape index (κ1) is 16.4. The summed E-state index contributed by atoms with van der Waals surface area (Å²) >= 11 is 0. The summed E-state index contributed by atoms with van der Waals surface area (Å²) in [6.07, 6.45) is 1.70. The van der Waals surface area contributed by atoms with Crippen LogP contribution in [-0.4, -0.2) is 26.6 Å². The lowest BCUT2D eigenvalue weighted by molar-refractivity contribution is 0.326. The summed E-state index contributed by atoms with van der Waals surface area (Å²) in [6, 6.07) is 16.3. The quantitative estimate of drug-likeness (QED) is 0.700. The number of nitrogens with zero attached hydrogens (tertiary/aromatic N) is 1. The predicted molar refractivity (Wildman–Crippen MR) is 93.6 cm³/mol. The fourth-order valence-electron chi connectivity index (χ4n) is 2.40. The highest BCUT2D eigenvalue weighted by atomic mass is 32.2. The molecule has 0 saturated carbocycles. The summed E-state index contributed by atoms with van der Waals surface area (Å²) in [5.74, 6) is 0.642. The third kappa shape index (κ3) is 3.72. The lowest BCUT2D eigenvalue weighted by atomic mass is 10.2. The summed E-state index contributed by atoms with van der Waals surface area (Å²) in [6.45, 7) is 2.26. The molecule has 0 aliphatic carbocycles. The third-order valence-electron chi connectivity index (χ3n) is 3.55. The minimum Gasteiger partial charge on any atom is -0.490 e. The van der Waals surface area contributed by atoms with E-state index in [1.807, 2.05) is 43.3 Å². The molecule has 0 amide bonds. The average Bonchev–Trinajstić information content (AvgIpc) is 2.59. The van der Waals surface area contributed by atoms with Gasteiger partial charge in [0.1, 0.15) is 17.9 Å². The maximum atomic E-state index is 12.2. The fraction of sp³-hybridized carbons (Fsp3) is 0.167. The third-order valence-corrected chi connectivity index (χ3v) is 5.01. The number of rotatable bonds is 6. The molecule has 1 heterocycles. The predicted octanol–water partition coefficient (Wildman–Crippen LogP) is 2.90. The molecule has 1 aromatic heterocycles. The molecule has 0 spiro atoms. The highest BCUT2D eigenvalue weighted by Crippen LogP contribution is 2.22. The van der Waals surface area contributed by atoms with Gasteiger partial charge >= 0.3 is 0 Å². The monoisotopic (exact) mass is 342 g/mol. The van der Waals surface area contributed by atoms with E-state index in [0.717, 1.165) is 16.5 Å². The van der Waals surface area contributed by atoms with E-state index in [-0.39, 0.29) is 18.0 Å². The highest BCUT2D eigenvalue weighted by molar-refractivity contribution is 7.89. The van der Waals surface area contributed by atoms with Crippen LogP contribution in [0, 0.1) is 6.92 Å². The van der Waals surface area contributed by atoms with E-state index in [2.05, 4.69) is 9.71 Å². The van der Waals surface area contributed by atoms with Crippen LogP contribution in [0.15, 0.2) is 65.7 Å². The number of sulfonamides is 1. The molecule has 0 saturated heterocycles. The number of ether oxygens (including phenoxy) is 1. The molecule has 2 aromatic carbocycles. The number of aromatic nitrogens is 1. The summed E-state index contributed by atoms with van der Waals surface area (Å²) in [5, 5.41) is 0.982. The molecule has 3 rings (SSSR count). The van der Waals surface area contributed by atoms with Crippen molar-refractivity contribution in [1.82, 2.24) is 9.71 Å². The molecule has 24 heavy (non-hydrogen) atoms. The van der Waals surface area contributed by atoms with Crippen LogP contribution < -0.4 is 9.46 Å². The minimum absolute atomic E-state index is 0.180. The number of hydrogen-bond donors (Lipinski definition) is 1. The van der Waals surface area contributed by atoms with Gasteiger partial charge in [-0.3, -0.25) is 4.98 Å². The van der Waals surface area contributed by atoms with Gasteiger partial charge in [-0.05, 0) is 36.8 Å². The Morgan fingerprint density at radius 1 is 1.08 bits per heavy atom. The largest absolute Gasteiger partial charge is 0.490 e. The van der Waals surface area contributed by atoms with Crippen molar-refractivity contribution >= 4 is 20.9 Å². The van der Waals surface area contributed by atoms with Gasteiger partial charge in [0, 0.05) is 18.1 Å². The molecule has 6 heteroatoms. The Morgan fingerprint density at radius 3 is 2.71 bits per heavy atom.